The number of carbonyl (C=O) groups excluding carboxylic acids is 1. The monoisotopic (exact) mass is 376 g/mol. The molecule has 0 aliphatic heterocycles. The van der Waals surface area contributed by atoms with Crippen LogP contribution < -0.4 is 0 Å². The molecule has 0 amide bonds. The van der Waals surface area contributed by atoms with Gasteiger partial charge in [-0.15, -0.1) is 0 Å². The molecule has 3 aliphatic rings. The molecule has 2 aromatic rings. The van der Waals surface area contributed by atoms with Crippen molar-refractivity contribution < 1.29 is 14.3 Å². The zero-order valence-corrected chi connectivity index (χ0v) is 16.4. The van der Waals surface area contributed by atoms with Crippen LogP contribution >= 0.6 is 0 Å². The van der Waals surface area contributed by atoms with Crippen LogP contribution in [-0.2, 0) is 27.5 Å². The van der Waals surface area contributed by atoms with Gasteiger partial charge in [0.2, 0.25) is 0 Å². The normalized spacial score (nSPS) is 28.6. The van der Waals surface area contributed by atoms with Gasteiger partial charge in [0.15, 0.2) is 0 Å². The van der Waals surface area contributed by atoms with Gasteiger partial charge >= 0.3 is 0 Å². The fourth-order valence-electron chi connectivity index (χ4n) is 4.66. The Labute approximate surface area is 167 Å². The zero-order valence-electron chi connectivity index (χ0n) is 16.4. The molecule has 1 saturated carbocycles. The quantitative estimate of drug-likeness (QED) is 0.620. The van der Waals surface area contributed by atoms with Gasteiger partial charge in [-0.2, -0.15) is 0 Å². The molecule has 28 heavy (non-hydrogen) atoms. The Morgan fingerprint density at radius 3 is 2.04 bits per heavy atom. The van der Waals surface area contributed by atoms with E-state index in [1.54, 1.807) is 0 Å². The third kappa shape index (κ3) is 4.11. The Morgan fingerprint density at radius 2 is 1.46 bits per heavy atom. The van der Waals surface area contributed by atoms with Crippen LogP contribution in [0.25, 0.3) is 0 Å². The molecule has 0 radical (unpaired) electrons. The largest absolute Gasteiger partial charge is 0.376 e. The minimum Gasteiger partial charge on any atom is -0.376 e. The highest BCUT2D eigenvalue weighted by atomic mass is 16.5. The third-order valence-electron chi connectivity index (χ3n) is 6.27. The minimum atomic E-state index is -0.136. The molecule has 3 nitrogen and oxygen atoms in total. The van der Waals surface area contributed by atoms with Crippen molar-refractivity contribution in [3.05, 3.63) is 83.9 Å². The van der Waals surface area contributed by atoms with Crippen LogP contribution in [0.4, 0.5) is 0 Å². The van der Waals surface area contributed by atoms with E-state index in [2.05, 4.69) is 43.3 Å². The second-order valence-corrected chi connectivity index (χ2v) is 8.31. The van der Waals surface area contributed by atoms with Gasteiger partial charge in [0.1, 0.15) is 5.78 Å². The number of allylic oxidation sites excluding steroid dienone is 2. The van der Waals surface area contributed by atoms with Crippen molar-refractivity contribution in [1.29, 1.82) is 0 Å². The van der Waals surface area contributed by atoms with E-state index in [1.807, 2.05) is 36.4 Å². The molecule has 0 saturated heterocycles. The van der Waals surface area contributed by atoms with Gasteiger partial charge in [-0.05, 0) is 22.5 Å². The van der Waals surface area contributed by atoms with E-state index in [4.69, 9.17) is 9.47 Å². The molecule has 3 aliphatic carbocycles. The number of rotatable bonds is 8. The summed E-state index contributed by atoms with van der Waals surface area (Å²) in [5.74, 6) is 0.774. The van der Waals surface area contributed by atoms with Crippen LogP contribution in [0.1, 0.15) is 24.5 Å². The number of hydrogen-bond donors (Lipinski definition) is 0. The second-order valence-electron chi connectivity index (χ2n) is 8.31. The second kappa shape index (κ2) is 8.42. The maximum atomic E-state index is 12.6. The summed E-state index contributed by atoms with van der Waals surface area (Å²) in [5, 5.41) is 0. The number of benzene rings is 2. The molecular formula is C25H28O3. The first kappa shape index (κ1) is 19.1. The van der Waals surface area contributed by atoms with Crippen molar-refractivity contribution in [3.63, 3.8) is 0 Å². The van der Waals surface area contributed by atoms with E-state index in [1.165, 1.54) is 5.56 Å². The Kier molecular flexibility index (Phi) is 5.74. The first-order valence-electron chi connectivity index (χ1n) is 10.1. The summed E-state index contributed by atoms with van der Waals surface area (Å²) in [6.45, 7) is 4.62. The topological polar surface area (TPSA) is 35.5 Å². The lowest BCUT2D eigenvalue weighted by molar-refractivity contribution is -0.138. The lowest BCUT2D eigenvalue weighted by Crippen LogP contribution is -2.51. The van der Waals surface area contributed by atoms with Crippen LogP contribution in [0.3, 0.4) is 0 Å². The summed E-state index contributed by atoms with van der Waals surface area (Å²) in [5.41, 5.74) is 2.20. The van der Waals surface area contributed by atoms with Crippen molar-refractivity contribution in [2.45, 2.75) is 26.6 Å². The molecule has 5 rings (SSSR count). The SMILES string of the molecule is C[C@]12C=C[C@H](C(=O)C1)[C@@H](COCc1ccccc1)[C@H]2COCc1ccccc1. The molecule has 0 spiro atoms. The van der Waals surface area contributed by atoms with Gasteiger partial charge in [-0.25, -0.2) is 0 Å². The van der Waals surface area contributed by atoms with Gasteiger partial charge in [0, 0.05) is 18.3 Å². The fraction of sp³-hybridized carbons (Fsp3) is 0.400. The number of ether oxygens (including phenoxy) is 2. The highest BCUT2D eigenvalue weighted by molar-refractivity contribution is 5.86. The van der Waals surface area contributed by atoms with E-state index in [-0.39, 0.29) is 17.3 Å². The van der Waals surface area contributed by atoms with Crippen molar-refractivity contribution in [2.75, 3.05) is 13.2 Å². The molecule has 3 heteroatoms. The van der Waals surface area contributed by atoms with Crippen LogP contribution in [0.5, 0.6) is 0 Å². The van der Waals surface area contributed by atoms with Gasteiger partial charge in [-0.1, -0.05) is 79.7 Å². The van der Waals surface area contributed by atoms with Crippen molar-refractivity contribution in [2.24, 2.45) is 23.2 Å². The molecular weight excluding hydrogens is 348 g/mol. The standard InChI is InChI=1S/C25H28O3/c1-25-13-12-21(24(26)14-25)22(17-27-15-19-8-4-2-5-9-19)23(25)18-28-16-20-10-6-3-7-11-20/h2-13,21-23H,14-18H2,1H3/t21-,22+,23+,25-/m0/s1. The maximum absolute atomic E-state index is 12.6. The van der Waals surface area contributed by atoms with Gasteiger partial charge in [-0.3, -0.25) is 4.79 Å². The van der Waals surface area contributed by atoms with Crippen molar-refractivity contribution in [3.8, 4) is 0 Å². The molecule has 0 N–H and O–H groups in total. The maximum Gasteiger partial charge on any atom is 0.140 e. The van der Waals surface area contributed by atoms with E-state index < -0.39 is 0 Å². The first-order chi connectivity index (χ1) is 13.7. The number of carbonyl (C=O) groups is 1. The lowest BCUT2D eigenvalue weighted by Gasteiger charge is -2.50. The van der Waals surface area contributed by atoms with Gasteiger partial charge in [0.25, 0.3) is 0 Å². The molecule has 0 unspecified atom stereocenters. The third-order valence-corrected chi connectivity index (χ3v) is 6.27. The Morgan fingerprint density at radius 1 is 0.893 bits per heavy atom. The number of ketones is 1. The van der Waals surface area contributed by atoms with Crippen LogP contribution in [0, 0.1) is 23.2 Å². The average Bonchev–Trinajstić information content (AvgIpc) is 2.71. The summed E-state index contributed by atoms with van der Waals surface area (Å²) >= 11 is 0. The van der Waals surface area contributed by atoms with E-state index >= 15 is 0 Å². The smallest absolute Gasteiger partial charge is 0.140 e. The van der Waals surface area contributed by atoms with E-state index in [0.29, 0.717) is 44.5 Å². The van der Waals surface area contributed by atoms with E-state index in [0.717, 1.165) is 5.56 Å². The van der Waals surface area contributed by atoms with Crippen LogP contribution in [0.15, 0.2) is 72.8 Å². The van der Waals surface area contributed by atoms with Gasteiger partial charge < -0.3 is 9.47 Å². The molecule has 1 fully saturated rings. The zero-order chi connectivity index (χ0) is 19.4. The fourth-order valence-corrected chi connectivity index (χ4v) is 4.66. The highest BCUT2D eigenvalue weighted by Gasteiger charge is 2.51. The molecule has 2 bridgehead atoms. The molecule has 146 valence electrons. The summed E-state index contributed by atoms with van der Waals surface area (Å²) < 4.78 is 12.2. The van der Waals surface area contributed by atoms with E-state index in [9.17, 15) is 4.79 Å². The lowest BCUT2D eigenvalue weighted by atomic mass is 9.54. The molecule has 0 aromatic heterocycles. The Hall–Kier alpha value is -2.23. The summed E-state index contributed by atoms with van der Waals surface area (Å²) in [7, 11) is 0. The molecule has 2 aromatic carbocycles. The first-order valence-corrected chi connectivity index (χ1v) is 10.1. The Balaban J connectivity index is 1.41. The number of fused-ring (bicyclic) bond motifs is 2. The number of Topliss-reactive ketones (excluding diaryl/α,β-unsaturated/α-hetero) is 1. The van der Waals surface area contributed by atoms with Crippen molar-refractivity contribution in [1.82, 2.24) is 0 Å². The Bertz CT molecular complexity index is 814. The summed E-state index contributed by atoms with van der Waals surface area (Å²) in [4.78, 5) is 12.6. The average molecular weight is 376 g/mol. The van der Waals surface area contributed by atoms with Gasteiger partial charge in [0.05, 0.1) is 26.4 Å². The number of hydrogen-bond acceptors (Lipinski definition) is 3. The molecule has 4 atom stereocenters. The van der Waals surface area contributed by atoms with Crippen LogP contribution in [0.2, 0.25) is 0 Å². The summed E-state index contributed by atoms with van der Waals surface area (Å²) in [6.07, 6.45) is 4.96. The van der Waals surface area contributed by atoms with Crippen molar-refractivity contribution >= 4 is 5.78 Å². The minimum absolute atomic E-state index is 0.0390. The highest BCUT2D eigenvalue weighted by Crippen LogP contribution is 2.51. The van der Waals surface area contributed by atoms with Crippen LogP contribution in [-0.4, -0.2) is 19.0 Å². The predicted molar refractivity (Wildman–Crippen MR) is 110 cm³/mol. The summed E-state index contributed by atoms with van der Waals surface area (Å²) in [6, 6.07) is 20.4. The molecule has 0 heterocycles. The predicted octanol–water partition coefficient (Wildman–Crippen LogP) is 4.82.